The Morgan fingerprint density at radius 3 is 2.11 bits per heavy atom. The molecule has 2 fully saturated rings. The first-order valence-electron chi connectivity index (χ1n) is 10.2. The van der Waals surface area contributed by atoms with Crippen LogP contribution in [0, 0.1) is 5.41 Å². The highest BCUT2D eigenvalue weighted by Gasteiger charge is 2.51. The molecule has 0 atom stereocenters. The van der Waals surface area contributed by atoms with Crippen molar-refractivity contribution < 1.29 is 23.9 Å². The first-order valence-corrected chi connectivity index (χ1v) is 10.2. The molecule has 0 spiro atoms. The number of carbonyl (C=O) groups excluding carboxylic acids is 1. The molecule has 3 rings (SSSR count). The summed E-state index contributed by atoms with van der Waals surface area (Å²) in [5, 5.41) is 9.85. The Labute approximate surface area is 168 Å². The molecule has 0 bridgehead atoms. The van der Waals surface area contributed by atoms with E-state index in [0.29, 0.717) is 12.3 Å². The fraction of sp³-hybridized carbons (Fsp3) is 0.682. The third-order valence-electron chi connectivity index (χ3n) is 7.06. The predicted octanol–water partition coefficient (Wildman–Crippen LogP) is 3.19. The van der Waals surface area contributed by atoms with E-state index >= 15 is 0 Å². The molecule has 0 radical (unpaired) electrons. The average Bonchev–Trinajstić information content (AvgIpc) is 2.90. The molecular formula is C22H33BO5. The number of hydrogen-bond acceptors (Lipinski definition) is 5. The molecule has 1 aliphatic heterocycles. The minimum Gasteiger partial charge on any atom is -0.469 e. The number of methoxy groups -OCH3 is 1. The van der Waals surface area contributed by atoms with Crippen molar-refractivity contribution in [3.05, 3.63) is 29.8 Å². The van der Waals surface area contributed by atoms with E-state index in [1.54, 1.807) is 0 Å². The Balaban J connectivity index is 1.63. The van der Waals surface area contributed by atoms with Crippen LogP contribution in [0.4, 0.5) is 0 Å². The number of hydrogen-bond donors (Lipinski definition) is 1. The second-order valence-electron chi connectivity index (χ2n) is 9.44. The summed E-state index contributed by atoms with van der Waals surface area (Å²) in [5.41, 5.74) is 1.32. The Hall–Kier alpha value is -1.37. The van der Waals surface area contributed by atoms with Crippen LogP contribution in [0.3, 0.4) is 0 Å². The summed E-state index contributed by atoms with van der Waals surface area (Å²) < 4.78 is 17.1. The van der Waals surface area contributed by atoms with Gasteiger partial charge in [0.1, 0.15) is 0 Å². The normalized spacial score (nSPS) is 28.9. The molecule has 1 saturated carbocycles. The molecular weight excluding hydrogens is 355 g/mol. The van der Waals surface area contributed by atoms with E-state index in [2.05, 4.69) is 52.0 Å². The molecule has 0 unspecified atom stereocenters. The molecule has 1 heterocycles. The molecule has 1 aliphatic carbocycles. The Kier molecular flexibility index (Phi) is 5.95. The van der Waals surface area contributed by atoms with Crippen LogP contribution >= 0.6 is 0 Å². The third-order valence-corrected chi connectivity index (χ3v) is 7.06. The maximum atomic E-state index is 11.7. The fourth-order valence-corrected chi connectivity index (χ4v) is 4.24. The predicted molar refractivity (Wildman–Crippen MR) is 110 cm³/mol. The highest BCUT2D eigenvalue weighted by Crippen LogP contribution is 2.45. The molecule has 1 saturated heterocycles. The molecule has 1 aromatic carbocycles. The zero-order valence-corrected chi connectivity index (χ0v) is 17.8. The van der Waals surface area contributed by atoms with E-state index in [1.165, 1.54) is 12.7 Å². The summed E-state index contributed by atoms with van der Waals surface area (Å²) in [6.07, 6.45) is 3.90. The fourth-order valence-electron chi connectivity index (χ4n) is 4.24. The monoisotopic (exact) mass is 388 g/mol. The summed E-state index contributed by atoms with van der Waals surface area (Å²) in [4.78, 5) is 11.7. The largest absolute Gasteiger partial charge is 0.494 e. The maximum absolute atomic E-state index is 11.7. The quantitative estimate of drug-likeness (QED) is 0.620. The molecule has 0 amide bonds. The Bertz CT molecular complexity index is 673. The van der Waals surface area contributed by atoms with Crippen LogP contribution in [0.25, 0.3) is 0 Å². The summed E-state index contributed by atoms with van der Waals surface area (Å²) in [6.45, 7) is 8.28. The second kappa shape index (κ2) is 7.81. The average molecular weight is 388 g/mol. The van der Waals surface area contributed by atoms with Crippen LogP contribution in [0.5, 0.6) is 0 Å². The number of aliphatic hydroxyl groups excluding tert-OH is 1. The van der Waals surface area contributed by atoms with Gasteiger partial charge in [-0.3, -0.25) is 4.79 Å². The van der Waals surface area contributed by atoms with Crippen LogP contribution in [0.1, 0.15) is 71.3 Å². The number of benzene rings is 1. The lowest BCUT2D eigenvalue weighted by Crippen LogP contribution is -2.41. The SMILES string of the molecule is COC(=O)CC1(CO)CCC(c2ccc(B3OC(C)(C)C(C)(C)O3)cc2)CC1. The van der Waals surface area contributed by atoms with Gasteiger partial charge in [-0.05, 0) is 70.3 Å². The Morgan fingerprint density at radius 1 is 1.11 bits per heavy atom. The highest BCUT2D eigenvalue weighted by atomic mass is 16.7. The van der Waals surface area contributed by atoms with Crippen molar-refractivity contribution in [2.75, 3.05) is 13.7 Å². The van der Waals surface area contributed by atoms with Gasteiger partial charge in [0, 0.05) is 12.0 Å². The van der Waals surface area contributed by atoms with Gasteiger partial charge in [-0.2, -0.15) is 0 Å². The summed E-state index contributed by atoms with van der Waals surface area (Å²) >= 11 is 0. The summed E-state index contributed by atoms with van der Waals surface area (Å²) in [6, 6.07) is 8.52. The van der Waals surface area contributed by atoms with Gasteiger partial charge in [0.15, 0.2) is 0 Å². The van der Waals surface area contributed by atoms with Crippen molar-refractivity contribution in [1.82, 2.24) is 0 Å². The van der Waals surface area contributed by atoms with Crippen LogP contribution in [-0.2, 0) is 18.8 Å². The summed E-state index contributed by atoms with van der Waals surface area (Å²) in [5.74, 6) is 0.212. The topological polar surface area (TPSA) is 65.0 Å². The van der Waals surface area contributed by atoms with E-state index in [9.17, 15) is 9.90 Å². The van der Waals surface area contributed by atoms with Crippen molar-refractivity contribution >= 4 is 18.6 Å². The molecule has 1 N–H and O–H groups in total. The van der Waals surface area contributed by atoms with Gasteiger partial charge in [-0.1, -0.05) is 24.3 Å². The maximum Gasteiger partial charge on any atom is 0.494 e. The molecule has 0 aromatic heterocycles. The molecule has 2 aliphatic rings. The smallest absolute Gasteiger partial charge is 0.469 e. The second-order valence-corrected chi connectivity index (χ2v) is 9.44. The van der Waals surface area contributed by atoms with Crippen molar-refractivity contribution in [2.45, 2.75) is 76.9 Å². The van der Waals surface area contributed by atoms with Gasteiger partial charge < -0.3 is 19.2 Å². The zero-order valence-electron chi connectivity index (χ0n) is 17.8. The molecule has 6 heteroatoms. The van der Waals surface area contributed by atoms with Gasteiger partial charge in [-0.15, -0.1) is 0 Å². The number of rotatable bonds is 5. The lowest BCUT2D eigenvalue weighted by molar-refractivity contribution is -0.145. The van der Waals surface area contributed by atoms with Crippen molar-refractivity contribution in [2.24, 2.45) is 5.41 Å². The van der Waals surface area contributed by atoms with Gasteiger partial charge >= 0.3 is 13.1 Å². The van der Waals surface area contributed by atoms with E-state index in [0.717, 1.165) is 31.1 Å². The minimum absolute atomic E-state index is 0.0374. The van der Waals surface area contributed by atoms with E-state index < -0.39 is 0 Å². The Morgan fingerprint density at radius 2 is 1.64 bits per heavy atom. The first-order chi connectivity index (χ1) is 13.1. The lowest BCUT2D eigenvalue weighted by Gasteiger charge is -2.38. The van der Waals surface area contributed by atoms with Crippen LogP contribution in [0.15, 0.2) is 24.3 Å². The number of aliphatic hydroxyl groups is 1. The summed E-state index contributed by atoms with van der Waals surface area (Å²) in [7, 11) is 1.06. The highest BCUT2D eigenvalue weighted by molar-refractivity contribution is 6.62. The zero-order chi connectivity index (χ0) is 20.6. The van der Waals surface area contributed by atoms with Gasteiger partial charge in [-0.25, -0.2) is 0 Å². The molecule has 28 heavy (non-hydrogen) atoms. The van der Waals surface area contributed by atoms with Gasteiger partial charge in [0.2, 0.25) is 0 Å². The van der Waals surface area contributed by atoms with Gasteiger partial charge in [0.05, 0.1) is 24.7 Å². The standard InChI is InChI=1S/C22H33BO5/c1-20(2)21(3,4)28-23(27-20)18-8-6-16(7-9-18)17-10-12-22(15-24,13-11-17)14-19(25)26-5/h6-9,17,24H,10-15H2,1-5H3. The van der Waals surface area contributed by atoms with E-state index in [-0.39, 0.29) is 36.3 Å². The third kappa shape index (κ3) is 4.14. The van der Waals surface area contributed by atoms with Gasteiger partial charge in [0.25, 0.3) is 0 Å². The number of ether oxygens (including phenoxy) is 1. The van der Waals surface area contributed by atoms with Crippen molar-refractivity contribution in [3.63, 3.8) is 0 Å². The lowest BCUT2D eigenvalue weighted by atomic mass is 9.67. The first kappa shape index (κ1) is 21.3. The minimum atomic E-state index is -0.340. The van der Waals surface area contributed by atoms with Crippen LogP contribution in [-0.4, -0.2) is 43.1 Å². The molecule has 5 nitrogen and oxygen atoms in total. The number of esters is 1. The van der Waals surface area contributed by atoms with E-state index in [4.69, 9.17) is 14.0 Å². The van der Waals surface area contributed by atoms with Crippen molar-refractivity contribution in [3.8, 4) is 0 Å². The van der Waals surface area contributed by atoms with E-state index in [1.807, 2.05) is 0 Å². The van der Waals surface area contributed by atoms with Crippen LogP contribution < -0.4 is 5.46 Å². The van der Waals surface area contributed by atoms with Crippen molar-refractivity contribution in [1.29, 1.82) is 0 Å². The number of carbonyl (C=O) groups is 1. The molecule has 1 aromatic rings. The molecule has 154 valence electrons. The van der Waals surface area contributed by atoms with Crippen LogP contribution in [0.2, 0.25) is 0 Å².